The minimum atomic E-state index is -1.01. The summed E-state index contributed by atoms with van der Waals surface area (Å²) in [4.78, 5) is 23.5. The summed E-state index contributed by atoms with van der Waals surface area (Å²) in [6.45, 7) is 4.03. The summed E-state index contributed by atoms with van der Waals surface area (Å²) in [6.07, 6.45) is 2.23. The van der Waals surface area contributed by atoms with E-state index in [0.29, 0.717) is 6.61 Å². The number of fused-ring (bicyclic) bond motifs is 1. The molecule has 2 aliphatic rings. The number of nitrogens with zero attached hydrogens (tertiary/aromatic N) is 1. The summed E-state index contributed by atoms with van der Waals surface area (Å²) < 4.78 is 4.99. The predicted octanol–water partition coefficient (Wildman–Crippen LogP) is 1.25. The molecule has 1 N–H and O–H groups in total. The number of carboxylic acid groups (broad SMARTS) is 1. The van der Waals surface area contributed by atoms with Crippen LogP contribution in [-0.4, -0.2) is 41.3 Å². The van der Waals surface area contributed by atoms with Crippen molar-refractivity contribution in [2.75, 3.05) is 13.2 Å². The van der Waals surface area contributed by atoms with Crippen LogP contribution < -0.4 is 0 Å². The Hall–Kier alpha value is -1.52. The topological polar surface area (TPSA) is 66.8 Å². The van der Waals surface area contributed by atoms with E-state index in [1.54, 1.807) is 0 Å². The Labute approximate surface area is 93.7 Å². The molecular formula is C11H15NO4. The first-order valence-corrected chi connectivity index (χ1v) is 5.42. The molecule has 1 amide bonds. The van der Waals surface area contributed by atoms with Crippen LogP contribution in [0.4, 0.5) is 4.79 Å². The van der Waals surface area contributed by atoms with Crippen molar-refractivity contribution < 1.29 is 19.4 Å². The van der Waals surface area contributed by atoms with Gasteiger partial charge in [0.2, 0.25) is 0 Å². The molecule has 88 valence electrons. The van der Waals surface area contributed by atoms with Crippen molar-refractivity contribution >= 4 is 12.1 Å². The van der Waals surface area contributed by atoms with Crippen LogP contribution in [-0.2, 0) is 9.53 Å². The van der Waals surface area contributed by atoms with Crippen LogP contribution in [0.25, 0.3) is 0 Å². The van der Waals surface area contributed by atoms with Gasteiger partial charge in [-0.25, -0.2) is 4.79 Å². The van der Waals surface area contributed by atoms with Crippen LogP contribution in [0.5, 0.6) is 0 Å². The number of rotatable bonds is 2. The molecule has 1 aliphatic carbocycles. The van der Waals surface area contributed by atoms with E-state index >= 15 is 0 Å². The average molecular weight is 225 g/mol. The standard InChI is InChI=1S/C11H15NO4/c1-7-3-2-4-9-8(7)6-16-11(15)12(9)5-10(13)14/h8-9H,1-6H2,(H,13,14). The fourth-order valence-electron chi connectivity index (χ4n) is 2.51. The highest BCUT2D eigenvalue weighted by Gasteiger charge is 2.40. The highest BCUT2D eigenvalue weighted by molar-refractivity contribution is 5.77. The number of cyclic esters (lactones) is 1. The molecule has 0 radical (unpaired) electrons. The summed E-state index contributed by atoms with van der Waals surface area (Å²) in [6, 6.07) is -0.0430. The quantitative estimate of drug-likeness (QED) is 0.718. The number of ether oxygens (including phenoxy) is 1. The normalized spacial score (nSPS) is 29.6. The molecule has 2 atom stereocenters. The van der Waals surface area contributed by atoms with Crippen molar-refractivity contribution in [1.29, 1.82) is 0 Å². The highest BCUT2D eigenvalue weighted by Crippen LogP contribution is 2.35. The summed E-state index contributed by atoms with van der Waals surface area (Å²) in [7, 11) is 0. The zero-order chi connectivity index (χ0) is 11.7. The second-order valence-corrected chi connectivity index (χ2v) is 4.32. The molecule has 2 fully saturated rings. The lowest BCUT2D eigenvalue weighted by molar-refractivity contribution is -0.139. The molecule has 1 aliphatic heterocycles. The molecule has 16 heavy (non-hydrogen) atoms. The maximum Gasteiger partial charge on any atom is 0.410 e. The maximum absolute atomic E-state index is 11.5. The third-order valence-corrected chi connectivity index (χ3v) is 3.31. The summed E-state index contributed by atoms with van der Waals surface area (Å²) in [5, 5.41) is 8.77. The minimum Gasteiger partial charge on any atom is -0.480 e. The van der Waals surface area contributed by atoms with Gasteiger partial charge in [-0.1, -0.05) is 12.2 Å². The van der Waals surface area contributed by atoms with Crippen molar-refractivity contribution in [2.45, 2.75) is 25.3 Å². The van der Waals surface area contributed by atoms with Gasteiger partial charge in [-0.05, 0) is 19.3 Å². The van der Waals surface area contributed by atoms with Crippen LogP contribution in [0.2, 0.25) is 0 Å². The number of hydrogen-bond acceptors (Lipinski definition) is 3. The first-order chi connectivity index (χ1) is 7.59. The lowest BCUT2D eigenvalue weighted by Crippen LogP contribution is -2.54. The lowest BCUT2D eigenvalue weighted by atomic mass is 9.80. The number of hydrogen-bond donors (Lipinski definition) is 1. The monoisotopic (exact) mass is 225 g/mol. The zero-order valence-corrected chi connectivity index (χ0v) is 9.02. The lowest BCUT2D eigenvalue weighted by Gasteiger charge is -2.43. The summed E-state index contributed by atoms with van der Waals surface area (Å²) >= 11 is 0. The van der Waals surface area contributed by atoms with Crippen LogP contribution in [0, 0.1) is 5.92 Å². The van der Waals surface area contributed by atoms with Crippen molar-refractivity contribution in [3.63, 3.8) is 0 Å². The number of carboxylic acids is 1. The van der Waals surface area contributed by atoms with E-state index in [2.05, 4.69) is 6.58 Å². The SMILES string of the molecule is C=C1CCCC2C1COC(=O)N2CC(=O)O. The van der Waals surface area contributed by atoms with Gasteiger partial charge in [0.1, 0.15) is 13.2 Å². The molecule has 2 rings (SSSR count). The Balaban J connectivity index is 2.16. The van der Waals surface area contributed by atoms with Gasteiger partial charge in [-0.3, -0.25) is 9.69 Å². The highest BCUT2D eigenvalue weighted by atomic mass is 16.6. The summed E-state index contributed by atoms with van der Waals surface area (Å²) in [5.41, 5.74) is 1.07. The minimum absolute atomic E-state index is 0.0430. The Bertz CT molecular complexity index is 339. The van der Waals surface area contributed by atoms with Gasteiger partial charge < -0.3 is 9.84 Å². The second-order valence-electron chi connectivity index (χ2n) is 4.32. The fraction of sp³-hybridized carbons (Fsp3) is 0.636. The summed E-state index contributed by atoms with van der Waals surface area (Å²) in [5.74, 6) is -0.903. The van der Waals surface area contributed by atoms with Crippen molar-refractivity contribution in [3.05, 3.63) is 12.2 Å². The smallest absolute Gasteiger partial charge is 0.410 e. The average Bonchev–Trinajstić information content (AvgIpc) is 2.22. The van der Waals surface area contributed by atoms with E-state index in [9.17, 15) is 9.59 Å². The molecule has 1 saturated carbocycles. The molecule has 0 spiro atoms. The molecule has 0 aromatic carbocycles. The predicted molar refractivity (Wildman–Crippen MR) is 56.0 cm³/mol. The molecule has 2 unspecified atom stereocenters. The van der Waals surface area contributed by atoms with Crippen LogP contribution >= 0.6 is 0 Å². The molecule has 5 heteroatoms. The van der Waals surface area contributed by atoms with Gasteiger partial charge in [0, 0.05) is 12.0 Å². The Morgan fingerprint density at radius 2 is 2.38 bits per heavy atom. The van der Waals surface area contributed by atoms with Gasteiger partial charge >= 0.3 is 12.1 Å². The number of carbonyl (C=O) groups excluding carboxylic acids is 1. The molecule has 0 bridgehead atoms. The van der Waals surface area contributed by atoms with Gasteiger partial charge in [0.25, 0.3) is 0 Å². The van der Waals surface area contributed by atoms with Gasteiger partial charge in [-0.2, -0.15) is 0 Å². The molecular weight excluding hydrogens is 210 g/mol. The largest absolute Gasteiger partial charge is 0.480 e. The van der Waals surface area contributed by atoms with Crippen LogP contribution in [0.1, 0.15) is 19.3 Å². The molecule has 5 nitrogen and oxygen atoms in total. The first-order valence-electron chi connectivity index (χ1n) is 5.42. The fourth-order valence-corrected chi connectivity index (χ4v) is 2.51. The molecule has 0 aromatic rings. The van der Waals surface area contributed by atoms with Gasteiger partial charge in [-0.15, -0.1) is 0 Å². The van der Waals surface area contributed by atoms with Crippen LogP contribution in [0.3, 0.4) is 0 Å². The van der Waals surface area contributed by atoms with Crippen molar-refractivity contribution in [2.24, 2.45) is 5.92 Å². The Kier molecular flexibility index (Phi) is 2.85. The zero-order valence-electron chi connectivity index (χ0n) is 9.02. The van der Waals surface area contributed by atoms with Crippen molar-refractivity contribution in [3.8, 4) is 0 Å². The van der Waals surface area contributed by atoms with E-state index in [1.807, 2.05) is 0 Å². The van der Waals surface area contributed by atoms with Crippen LogP contribution in [0.15, 0.2) is 12.2 Å². The van der Waals surface area contributed by atoms with Gasteiger partial charge in [0.05, 0.1) is 0 Å². The molecule has 0 aromatic heterocycles. The third kappa shape index (κ3) is 1.89. The molecule has 1 saturated heterocycles. The Morgan fingerprint density at radius 3 is 3.06 bits per heavy atom. The van der Waals surface area contributed by atoms with E-state index in [-0.39, 0.29) is 18.5 Å². The van der Waals surface area contributed by atoms with E-state index in [0.717, 1.165) is 24.8 Å². The number of amides is 1. The Morgan fingerprint density at radius 1 is 1.62 bits per heavy atom. The first kappa shape index (κ1) is 11.0. The molecule has 1 heterocycles. The third-order valence-electron chi connectivity index (χ3n) is 3.31. The second kappa shape index (κ2) is 4.15. The van der Waals surface area contributed by atoms with E-state index in [1.165, 1.54) is 4.90 Å². The van der Waals surface area contributed by atoms with E-state index in [4.69, 9.17) is 9.84 Å². The van der Waals surface area contributed by atoms with Crippen molar-refractivity contribution in [1.82, 2.24) is 4.90 Å². The van der Waals surface area contributed by atoms with Gasteiger partial charge in [0.15, 0.2) is 0 Å². The van der Waals surface area contributed by atoms with E-state index < -0.39 is 12.1 Å². The maximum atomic E-state index is 11.5. The number of carbonyl (C=O) groups is 2. The number of aliphatic carboxylic acids is 1.